The second-order valence-electron chi connectivity index (χ2n) is 5.29. The fraction of sp³-hybridized carbons (Fsp3) is 0.357. The van der Waals surface area contributed by atoms with E-state index in [2.05, 4.69) is 0 Å². The molecule has 0 radical (unpaired) electrons. The minimum Gasteiger partial charge on any atom is -0.398 e. The SMILES string of the molecule is CC(C)C[C@@H](N)C(=O)N1C(=O)c2cccc(N)c2C1=O. The molecule has 1 aliphatic heterocycles. The second-order valence-corrected chi connectivity index (χ2v) is 5.29. The number of hydrogen-bond donors (Lipinski definition) is 2. The van der Waals surface area contributed by atoms with Crippen LogP contribution in [-0.4, -0.2) is 28.7 Å². The molecular weight excluding hydrogens is 258 g/mol. The molecule has 6 nitrogen and oxygen atoms in total. The van der Waals surface area contributed by atoms with E-state index in [0.717, 1.165) is 0 Å². The van der Waals surface area contributed by atoms with Crippen LogP contribution in [0.1, 0.15) is 41.0 Å². The number of rotatable bonds is 3. The van der Waals surface area contributed by atoms with E-state index in [0.29, 0.717) is 11.3 Å². The summed E-state index contributed by atoms with van der Waals surface area (Å²) in [6, 6.07) is 3.69. The van der Waals surface area contributed by atoms with Crippen LogP contribution in [0.2, 0.25) is 0 Å². The summed E-state index contributed by atoms with van der Waals surface area (Å²) in [6.45, 7) is 3.82. The Morgan fingerprint density at radius 2 is 1.90 bits per heavy atom. The molecule has 0 fully saturated rings. The van der Waals surface area contributed by atoms with E-state index >= 15 is 0 Å². The van der Waals surface area contributed by atoms with Crippen molar-refractivity contribution >= 4 is 23.4 Å². The average molecular weight is 275 g/mol. The van der Waals surface area contributed by atoms with Crippen LogP contribution in [0.3, 0.4) is 0 Å². The molecule has 20 heavy (non-hydrogen) atoms. The highest BCUT2D eigenvalue weighted by Crippen LogP contribution is 2.28. The van der Waals surface area contributed by atoms with Crippen LogP contribution in [0.5, 0.6) is 0 Å². The third-order valence-corrected chi connectivity index (χ3v) is 3.21. The summed E-state index contributed by atoms with van der Waals surface area (Å²) in [4.78, 5) is 37.2. The quantitative estimate of drug-likeness (QED) is 0.625. The van der Waals surface area contributed by atoms with Crippen molar-refractivity contribution in [2.75, 3.05) is 5.73 Å². The summed E-state index contributed by atoms with van der Waals surface area (Å²) in [5.74, 6) is -1.83. The van der Waals surface area contributed by atoms with Crippen LogP contribution in [0, 0.1) is 5.92 Å². The van der Waals surface area contributed by atoms with Crippen LogP contribution in [0.4, 0.5) is 5.69 Å². The number of nitrogens with two attached hydrogens (primary N) is 2. The molecule has 6 heteroatoms. The van der Waals surface area contributed by atoms with Crippen LogP contribution < -0.4 is 11.5 Å². The molecule has 1 aliphatic rings. The molecule has 106 valence electrons. The van der Waals surface area contributed by atoms with Crippen LogP contribution in [0.15, 0.2) is 18.2 Å². The van der Waals surface area contributed by atoms with Gasteiger partial charge in [0, 0.05) is 5.69 Å². The zero-order chi connectivity index (χ0) is 15.0. The van der Waals surface area contributed by atoms with E-state index in [4.69, 9.17) is 11.5 Å². The van der Waals surface area contributed by atoms with E-state index in [9.17, 15) is 14.4 Å². The highest BCUT2D eigenvalue weighted by molar-refractivity contribution is 6.31. The molecule has 1 heterocycles. The van der Waals surface area contributed by atoms with Crippen molar-refractivity contribution in [3.05, 3.63) is 29.3 Å². The Morgan fingerprint density at radius 3 is 2.45 bits per heavy atom. The molecule has 1 aromatic carbocycles. The smallest absolute Gasteiger partial charge is 0.270 e. The van der Waals surface area contributed by atoms with Gasteiger partial charge in [-0.2, -0.15) is 0 Å². The number of fused-ring (bicyclic) bond motifs is 1. The van der Waals surface area contributed by atoms with Gasteiger partial charge in [0.05, 0.1) is 17.2 Å². The van der Waals surface area contributed by atoms with Crippen molar-refractivity contribution in [1.29, 1.82) is 0 Å². The maximum Gasteiger partial charge on any atom is 0.270 e. The number of nitrogen functional groups attached to an aromatic ring is 1. The average Bonchev–Trinajstić information content (AvgIpc) is 2.61. The van der Waals surface area contributed by atoms with Crippen molar-refractivity contribution in [2.45, 2.75) is 26.3 Å². The van der Waals surface area contributed by atoms with Gasteiger partial charge in [0.15, 0.2) is 0 Å². The van der Waals surface area contributed by atoms with E-state index in [1.807, 2.05) is 13.8 Å². The topological polar surface area (TPSA) is 106 Å². The van der Waals surface area contributed by atoms with E-state index in [1.165, 1.54) is 12.1 Å². The molecule has 1 atom stereocenters. The Bertz CT molecular complexity index is 595. The summed E-state index contributed by atoms with van der Waals surface area (Å²) in [7, 11) is 0. The van der Waals surface area contributed by atoms with Crippen LogP contribution >= 0.6 is 0 Å². The van der Waals surface area contributed by atoms with Crippen molar-refractivity contribution in [2.24, 2.45) is 11.7 Å². The molecule has 0 saturated carbocycles. The van der Waals surface area contributed by atoms with Crippen molar-refractivity contribution in [3.63, 3.8) is 0 Å². The number of imide groups is 3. The first kappa shape index (κ1) is 14.2. The Labute approximate surface area is 116 Å². The lowest BCUT2D eigenvalue weighted by atomic mass is 10.0. The Kier molecular flexibility index (Phi) is 3.59. The summed E-state index contributed by atoms with van der Waals surface area (Å²) in [6.07, 6.45) is 0.404. The Hall–Kier alpha value is -2.21. The van der Waals surface area contributed by atoms with Gasteiger partial charge in [-0.25, -0.2) is 4.90 Å². The number of amides is 3. The maximum absolute atomic E-state index is 12.2. The van der Waals surface area contributed by atoms with Gasteiger partial charge in [0.1, 0.15) is 0 Å². The third-order valence-electron chi connectivity index (χ3n) is 3.21. The van der Waals surface area contributed by atoms with E-state index < -0.39 is 23.8 Å². The first-order chi connectivity index (χ1) is 9.34. The fourth-order valence-electron chi connectivity index (χ4n) is 2.29. The molecule has 0 aliphatic carbocycles. The van der Waals surface area contributed by atoms with E-state index in [-0.39, 0.29) is 22.7 Å². The van der Waals surface area contributed by atoms with Gasteiger partial charge in [-0.05, 0) is 24.5 Å². The van der Waals surface area contributed by atoms with Gasteiger partial charge in [0.2, 0.25) is 0 Å². The van der Waals surface area contributed by atoms with E-state index in [1.54, 1.807) is 6.07 Å². The van der Waals surface area contributed by atoms with Gasteiger partial charge in [0.25, 0.3) is 17.7 Å². The summed E-state index contributed by atoms with van der Waals surface area (Å²) in [5, 5.41) is 0. The Balaban J connectivity index is 2.33. The maximum atomic E-state index is 12.2. The minimum absolute atomic E-state index is 0.0857. The standard InChI is InChI=1S/C14H17N3O3/c1-7(2)6-10(16)13(19)17-12(18)8-4-3-5-9(15)11(8)14(17)20/h3-5,7,10H,6,15-16H2,1-2H3/t10-/m1/s1. The van der Waals surface area contributed by atoms with Gasteiger partial charge in [-0.3, -0.25) is 14.4 Å². The highest BCUT2D eigenvalue weighted by atomic mass is 16.2. The lowest BCUT2D eigenvalue weighted by Crippen LogP contribution is -2.47. The van der Waals surface area contributed by atoms with Crippen molar-refractivity contribution in [1.82, 2.24) is 4.90 Å². The van der Waals surface area contributed by atoms with Crippen LogP contribution in [-0.2, 0) is 4.79 Å². The summed E-state index contributed by atoms with van der Waals surface area (Å²) >= 11 is 0. The molecule has 3 amide bonds. The highest BCUT2D eigenvalue weighted by Gasteiger charge is 2.42. The third kappa shape index (κ3) is 2.18. The second kappa shape index (κ2) is 5.05. The molecule has 0 spiro atoms. The van der Waals surface area contributed by atoms with Crippen molar-refractivity contribution < 1.29 is 14.4 Å². The van der Waals surface area contributed by atoms with Gasteiger partial charge < -0.3 is 11.5 Å². The Morgan fingerprint density at radius 1 is 1.25 bits per heavy atom. The van der Waals surface area contributed by atoms with Gasteiger partial charge in [-0.1, -0.05) is 19.9 Å². The fourth-order valence-corrected chi connectivity index (χ4v) is 2.29. The monoisotopic (exact) mass is 275 g/mol. The minimum atomic E-state index is -0.876. The molecular formula is C14H17N3O3. The molecule has 0 saturated heterocycles. The summed E-state index contributed by atoms with van der Waals surface area (Å²) in [5.41, 5.74) is 11.9. The molecule has 2 rings (SSSR count). The number of hydrogen-bond acceptors (Lipinski definition) is 5. The molecule has 0 unspecified atom stereocenters. The molecule has 4 N–H and O–H groups in total. The number of anilines is 1. The van der Waals surface area contributed by atoms with Crippen molar-refractivity contribution in [3.8, 4) is 0 Å². The molecule has 0 bridgehead atoms. The van der Waals surface area contributed by atoms with Crippen LogP contribution in [0.25, 0.3) is 0 Å². The first-order valence-electron chi connectivity index (χ1n) is 6.41. The first-order valence-corrected chi connectivity index (χ1v) is 6.41. The number of nitrogens with zero attached hydrogens (tertiary/aromatic N) is 1. The van der Waals surface area contributed by atoms with Gasteiger partial charge in [-0.15, -0.1) is 0 Å². The lowest BCUT2D eigenvalue weighted by molar-refractivity contribution is -0.128. The number of carbonyl (C=O) groups excluding carboxylic acids is 3. The predicted octanol–water partition coefficient (Wildman–Crippen LogP) is 0.765. The predicted molar refractivity (Wildman–Crippen MR) is 73.8 cm³/mol. The summed E-state index contributed by atoms with van der Waals surface area (Å²) < 4.78 is 0. The molecule has 0 aromatic heterocycles. The lowest BCUT2D eigenvalue weighted by Gasteiger charge is -2.18. The normalized spacial score (nSPS) is 15.7. The van der Waals surface area contributed by atoms with Gasteiger partial charge >= 0.3 is 0 Å². The number of benzene rings is 1. The largest absolute Gasteiger partial charge is 0.398 e. The number of carbonyl (C=O) groups is 3. The zero-order valence-electron chi connectivity index (χ0n) is 11.4. The molecule has 1 aromatic rings. The zero-order valence-corrected chi connectivity index (χ0v) is 11.4.